The van der Waals surface area contributed by atoms with Crippen LogP contribution in [0.25, 0.3) is 0 Å². The summed E-state index contributed by atoms with van der Waals surface area (Å²) >= 11 is 0. The van der Waals surface area contributed by atoms with Gasteiger partial charge < -0.3 is 30.3 Å². The molecule has 0 bridgehead atoms. The molecule has 0 aromatic heterocycles. The van der Waals surface area contributed by atoms with Crippen LogP contribution in [0.2, 0.25) is 0 Å². The van der Waals surface area contributed by atoms with Crippen LogP contribution in [0, 0.1) is 0 Å². The van der Waals surface area contributed by atoms with Crippen LogP contribution in [-0.4, -0.2) is 62.8 Å². The topological polar surface area (TPSA) is 118 Å². The van der Waals surface area contributed by atoms with E-state index in [1.807, 2.05) is 0 Å². The summed E-state index contributed by atoms with van der Waals surface area (Å²) in [4.78, 5) is 10.0. The van der Waals surface area contributed by atoms with Gasteiger partial charge in [-0.3, -0.25) is 0 Å². The van der Waals surface area contributed by atoms with E-state index < -0.39 is 31.0 Å². The molecular formula is C6H12O6. The number of hydrogen-bond acceptors (Lipinski definition) is 6. The van der Waals surface area contributed by atoms with Crippen molar-refractivity contribution in [2.24, 2.45) is 0 Å². The first-order chi connectivity index (χ1) is 6.20. The van der Waals surface area contributed by atoms with Gasteiger partial charge in [0.1, 0.15) is 24.4 Å². The van der Waals surface area contributed by atoms with Crippen molar-refractivity contribution in [2.75, 3.05) is 6.61 Å². The molecule has 0 spiro atoms. The quantitative estimate of drug-likeness (QED) is 0.283. The first kappa shape index (κ1) is 8.09. The standard InChI is InChI=1S/C6H12O6/c7-1-3(9)5(11)6(12)4(10)2-8/h1,3-6,8-12H,2H2/t3-,4+,5+,6+/m0/s1/i4D,5D. The third-order valence-electron chi connectivity index (χ3n) is 1.19. The number of carbonyl (C=O) groups excluding carboxylic acids is 1. The lowest BCUT2D eigenvalue weighted by Crippen LogP contribution is -2.46. The molecule has 0 heterocycles. The van der Waals surface area contributed by atoms with Crippen molar-refractivity contribution >= 4 is 6.29 Å². The van der Waals surface area contributed by atoms with Gasteiger partial charge in [0.15, 0.2) is 6.29 Å². The number of hydrogen-bond donors (Lipinski definition) is 5. The predicted molar refractivity (Wildman–Crippen MR) is 37.2 cm³/mol. The fraction of sp³-hybridized carbons (Fsp3) is 0.833. The summed E-state index contributed by atoms with van der Waals surface area (Å²) in [5.74, 6) is 0. The molecule has 4 atom stereocenters. The van der Waals surface area contributed by atoms with Crippen LogP contribution in [0.4, 0.5) is 0 Å². The van der Waals surface area contributed by atoms with Gasteiger partial charge in [-0.05, 0) is 0 Å². The van der Waals surface area contributed by atoms with Crippen LogP contribution in [0.5, 0.6) is 0 Å². The molecular weight excluding hydrogens is 168 g/mol. The van der Waals surface area contributed by atoms with Gasteiger partial charge in [0.05, 0.1) is 9.35 Å². The Hall–Kier alpha value is -0.530. The molecule has 0 aromatic rings. The molecule has 0 radical (unpaired) electrons. The zero-order chi connectivity index (χ0) is 11.6. The monoisotopic (exact) mass is 182 g/mol. The summed E-state index contributed by atoms with van der Waals surface area (Å²) in [6.07, 6.45) is -11.1. The smallest absolute Gasteiger partial charge is 0.151 e. The summed E-state index contributed by atoms with van der Waals surface area (Å²) in [5.41, 5.74) is 0. The molecule has 6 heteroatoms. The lowest BCUT2D eigenvalue weighted by molar-refractivity contribution is -0.136. The average Bonchev–Trinajstić information content (AvgIpc) is 2.15. The SMILES string of the molecule is [2H][C@@](O)([C@@H](O)C=O)[C@H](O)[C@]([2H])(O)CO. The van der Waals surface area contributed by atoms with Crippen LogP contribution in [-0.2, 0) is 4.79 Å². The fourth-order valence-electron chi connectivity index (χ4n) is 0.489. The van der Waals surface area contributed by atoms with Crippen molar-refractivity contribution in [3.05, 3.63) is 0 Å². The van der Waals surface area contributed by atoms with Crippen LogP contribution < -0.4 is 0 Å². The Morgan fingerprint density at radius 3 is 2.17 bits per heavy atom. The van der Waals surface area contributed by atoms with E-state index in [9.17, 15) is 4.79 Å². The Kier molecular flexibility index (Phi) is 3.49. The number of carbonyl (C=O) groups is 1. The molecule has 0 aliphatic rings. The molecule has 72 valence electrons. The fourth-order valence-corrected chi connectivity index (χ4v) is 0.489. The summed E-state index contributed by atoms with van der Waals surface area (Å²) < 4.78 is 13.8. The molecule has 0 saturated heterocycles. The molecule has 5 N–H and O–H groups in total. The van der Waals surface area contributed by atoms with E-state index in [0.717, 1.165) is 0 Å². The Labute approximate surface area is 71.5 Å². The van der Waals surface area contributed by atoms with Gasteiger partial charge in [0.25, 0.3) is 0 Å². The molecule has 0 saturated carbocycles. The molecule has 0 aromatic carbocycles. The van der Waals surface area contributed by atoms with Gasteiger partial charge in [-0.2, -0.15) is 0 Å². The average molecular weight is 182 g/mol. The lowest BCUT2D eigenvalue weighted by Gasteiger charge is -2.22. The minimum absolute atomic E-state index is 0.232. The third kappa shape index (κ3) is 2.84. The third-order valence-corrected chi connectivity index (χ3v) is 1.19. The van der Waals surface area contributed by atoms with Gasteiger partial charge >= 0.3 is 0 Å². The van der Waals surface area contributed by atoms with Crippen molar-refractivity contribution in [3.8, 4) is 0 Å². The van der Waals surface area contributed by atoms with E-state index in [0.29, 0.717) is 0 Å². The van der Waals surface area contributed by atoms with Gasteiger partial charge in [0.2, 0.25) is 0 Å². The second-order valence-corrected chi connectivity index (χ2v) is 2.06. The zero-order valence-electron chi connectivity index (χ0n) is 8.08. The van der Waals surface area contributed by atoms with E-state index >= 15 is 0 Å². The number of aldehydes is 1. The molecule has 0 rings (SSSR count). The van der Waals surface area contributed by atoms with Crippen molar-refractivity contribution in [1.29, 1.82) is 0 Å². The minimum Gasteiger partial charge on any atom is -0.394 e. The highest BCUT2D eigenvalue weighted by Gasteiger charge is 2.29. The Bertz CT molecular complexity index is 206. The first-order valence-electron chi connectivity index (χ1n) is 4.07. The highest BCUT2D eigenvalue weighted by Crippen LogP contribution is 2.02. The largest absolute Gasteiger partial charge is 0.394 e. The first-order valence-corrected chi connectivity index (χ1v) is 3.07. The Balaban J connectivity index is 4.82. The molecule has 0 aliphatic heterocycles. The van der Waals surface area contributed by atoms with Crippen LogP contribution in [0.3, 0.4) is 0 Å². The van der Waals surface area contributed by atoms with Crippen LogP contribution in [0.1, 0.15) is 2.74 Å². The molecule has 0 amide bonds. The van der Waals surface area contributed by atoms with E-state index in [1.165, 1.54) is 0 Å². The van der Waals surface area contributed by atoms with Crippen molar-refractivity contribution < 1.29 is 33.1 Å². The lowest BCUT2D eigenvalue weighted by atomic mass is 10.0. The Morgan fingerprint density at radius 1 is 1.33 bits per heavy atom. The molecule has 6 nitrogen and oxygen atoms in total. The molecule has 0 aliphatic carbocycles. The van der Waals surface area contributed by atoms with E-state index in [4.69, 9.17) is 28.3 Å². The number of aliphatic hydroxyl groups is 5. The highest BCUT2D eigenvalue weighted by atomic mass is 16.4. The summed E-state index contributed by atoms with van der Waals surface area (Å²) in [6, 6.07) is 0. The van der Waals surface area contributed by atoms with Crippen LogP contribution in [0.15, 0.2) is 0 Å². The maximum absolute atomic E-state index is 10.0. The summed E-state index contributed by atoms with van der Waals surface area (Å²) in [5, 5.41) is 44.2. The van der Waals surface area contributed by atoms with Crippen molar-refractivity contribution in [3.63, 3.8) is 0 Å². The highest BCUT2D eigenvalue weighted by molar-refractivity contribution is 5.56. The normalized spacial score (nSPS) is 28.8. The van der Waals surface area contributed by atoms with Crippen molar-refractivity contribution in [2.45, 2.75) is 24.4 Å². The maximum atomic E-state index is 10.0. The van der Waals surface area contributed by atoms with E-state index in [-0.39, 0.29) is 6.29 Å². The zero-order valence-corrected chi connectivity index (χ0v) is 6.08. The maximum Gasteiger partial charge on any atom is 0.151 e. The van der Waals surface area contributed by atoms with E-state index in [1.54, 1.807) is 0 Å². The van der Waals surface area contributed by atoms with Crippen molar-refractivity contribution in [1.82, 2.24) is 0 Å². The van der Waals surface area contributed by atoms with Gasteiger partial charge in [-0.15, -0.1) is 0 Å². The second-order valence-electron chi connectivity index (χ2n) is 2.06. The number of aliphatic hydroxyl groups excluding tert-OH is 3. The van der Waals surface area contributed by atoms with Gasteiger partial charge in [0, 0.05) is 0 Å². The summed E-state index contributed by atoms with van der Waals surface area (Å²) in [6.45, 7) is -1.26. The summed E-state index contributed by atoms with van der Waals surface area (Å²) in [7, 11) is 0. The number of rotatable bonds is 5. The molecule has 12 heavy (non-hydrogen) atoms. The minimum atomic E-state index is -3.15. The Morgan fingerprint density at radius 2 is 1.83 bits per heavy atom. The van der Waals surface area contributed by atoms with Crippen LogP contribution >= 0.6 is 0 Å². The molecule has 0 fully saturated rings. The van der Waals surface area contributed by atoms with Gasteiger partial charge in [-0.1, -0.05) is 0 Å². The van der Waals surface area contributed by atoms with Gasteiger partial charge in [-0.25, -0.2) is 0 Å². The predicted octanol–water partition coefficient (Wildman–Crippen LogP) is -3.38. The van der Waals surface area contributed by atoms with E-state index in [2.05, 4.69) is 0 Å². The second kappa shape index (κ2) is 5.18. The molecule has 0 unspecified atom stereocenters.